The minimum absolute atomic E-state index is 0.201. The fourth-order valence-corrected chi connectivity index (χ4v) is 3.06. The highest BCUT2D eigenvalue weighted by atomic mass is 35.5. The van der Waals surface area contributed by atoms with Crippen molar-refractivity contribution >= 4 is 17.5 Å². The number of hydrogen-bond acceptors (Lipinski definition) is 4. The van der Waals surface area contributed by atoms with Gasteiger partial charge in [-0.3, -0.25) is 4.79 Å². The third-order valence-corrected chi connectivity index (χ3v) is 4.65. The molecule has 140 valence electrons. The molecule has 2 aromatic heterocycles. The summed E-state index contributed by atoms with van der Waals surface area (Å²) in [5.74, 6) is 0.877. The van der Waals surface area contributed by atoms with Gasteiger partial charge in [-0.1, -0.05) is 59.2 Å². The second kappa shape index (κ2) is 7.70. The van der Waals surface area contributed by atoms with Crippen LogP contribution >= 0.6 is 11.6 Å². The highest BCUT2D eigenvalue weighted by molar-refractivity contribution is 6.30. The number of benzene rings is 2. The molecule has 4 aromatic rings. The minimum atomic E-state index is -0.457. The number of nitrogens with one attached hydrogen (secondary N) is 1. The molecule has 1 amide bonds. The van der Waals surface area contributed by atoms with Crippen LogP contribution in [-0.4, -0.2) is 20.6 Å². The predicted octanol–water partition coefficient (Wildman–Crippen LogP) is 4.25. The van der Waals surface area contributed by atoms with E-state index in [4.69, 9.17) is 16.1 Å². The average Bonchev–Trinajstić information content (AvgIpc) is 3.37. The number of aromatic nitrogens is 3. The summed E-state index contributed by atoms with van der Waals surface area (Å²) in [6, 6.07) is 18.0. The SMILES string of the molecule is Cn1ccnc1[C@@H](NC(=O)c1cc(-c2ccccc2)on1)c1ccc(Cl)cc1. The second-order valence-electron chi connectivity index (χ2n) is 6.30. The molecule has 0 fully saturated rings. The van der Waals surface area contributed by atoms with Crippen molar-refractivity contribution in [3.63, 3.8) is 0 Å². The normalized spacial score (nSPS) is 11.9. The van der Waals surface area contributed by atoms with Crippen LogP contribution in [0.2, 0.25) is 5.02 Å². The minimum Gasteiger partial charge on any atom is -0.355 e. The molecule has 28 heavy (non-hydrogen) atoms. The standard InChI is InChI=1S/C21H17ClN4O2/c1-26-12-11-23-20(26)19(15-7-9-16(22)10-8-15)24-21(27)17-13-18(28-25-17)14-5-3-2-4-6-14/h2-13,19H,1H3,(H,24,27)/t19-/m0/s1. The van der Waals surface area contributed by atoms with Gasteiger partial charge in [-0.05, 0) is 17.7 Å². The maximum absolute atomic E-state index is 12.8. The van der Waals surface area contributed by atoms with Gasteiger partial charge in [0.2, 0.25) is 0 Å². The Hall–Kier alpha value is -3.38. The van der Waals surface area contributed by atoms with Crippen molar-refractivity contribution in [2.75, 3.05) is 0 Å². The molecular formula is C21H17ClN4O2. The van der Waals surface area contributed by atoms with Crippen LogP contribution < -0.4 is 5.32 Å². The Morgan fingerprint density at radius 2 is 1.89 bits per heavy atom. The van der Waals surface area contributed by atoms with Crippen LogP contribution in [0.5, 0.6) is 0 Å². The molecule has 7 heteroatoms. The topological polar surface area (TPSA) is 73.0 Å². The lowest BCUT2D eigenvalue weighted by Crippen LogP contribution is -2.31. The van der Waals surface area contributed by atoms with Crippen molar-refractivity contribution in [2.45, 2.75) is 6.04 Å². The van der Waals surface area contributed by atoms with Crippen LogP contribution in [0.25, 0.3) is 11.3 Å². The van der Waals surface area contributed by atoms with Gasteiger partial charge in [-0.15, -0.1) is 0 Å². The predicted molar refractivity (Wildman–Crippen MR) is 106 cm³/mol. The van der Waals surface area contributed by atoms with E-state index < -0.39 is 6.04 Å². The zero-order chi connectivity index (χ0) is 19.5. The van der Waals surface area contributed by atoms with E-state index in [-0.39, 0.29) is 11.6 Å². The van der Waals surface area contributed by atoms with E-state index in [2.05, 4.69) is 15.5 Å². The summed E-state index contributed by atoms with van der Waals surface area (Å²) in [6.45, 7) is 0. The van der Waals surface area contributed by atoms with E-state index in [1.807, 2.05) is 60.3 Å². The first kappa shape index (κ1) is 18.0. The van der Waals surface area contributed by atoms with Gasteiger partial charge in [0.15, 0.2) is 11.5 Å². The number of imidazole rings is 1. The highest BCUT2D eigenvalue weighted by Gasteiger charge is 2.23. The fourth-order valence-electron chi connectivity index (χ4n) is 2.93. The lowest BCUT2D eigenvalue weighted by Gasteiger charge is -2.18. The smallest absolute Gasteiger partial charge is 0.274 e. The molecule has 2 heterocycles. The molecule has 6 nitrogen and oxygen atoms in total. The molecule has 0 saturated heterocycles. The number of rotatable bonds is 5. The Morgan fingerprint density at radius 1 is 1.14 bits per heavy atom. The zero-order valence-electron chi connectivity index (χ0n) is 15.0. The molecule has 0 saturated carbocycles. The van der Waals surface area contributed by atoms with E-state index in [1.165, 1.54) is 0 Å². The van der Waals surface area contributed by atoms with Gasteiger partial charge < -0.3 is 14.4 Å². The lowest BCUT2D eigenvalue weighted by atomic mass is 10.1. The van der Waals surface area contributed by atoms with Gasteiger partial charge in [-0.2, -0.15) is 0 Å². The third-order valence-electron chi connectivity index (χ3n) is 4.40. The summed E-state index contributed by atoms with van der Waals surface area (Å²) in [4.78, 5) is 17.2. The van der Waals surface area contributed by atoms with E-state index in [9.17, 15) is 4.79 Å². The molecule has 0 spiro atoms. The van der Waals surface area contributed by atoms with Gasteiger partial charge in [0, 0.05) is 36.1 Å². The Balaban J connectivity index is 1.62. The van der Waals surface area contributed by atoms with E-state index in [0.717, 1.165) is 11.1 Å². The van der Waals surface area contributed by atoms with Crippen molar-refractivity contribution in [3.05, 3.63) is 95.2 Å². The number of hydrogen-bond donors (Lipinski definition) is 1. The lowest BCUT2D eigenvalue weighted by molar-refractivity contribution is 0.0932. The van der Waals surface area contributed by atoms with Crippen LogP contribution in [0.3, 0.4) is 0 Å². The van der Waals surface area contributed by atoms with Gasteiger partial charge in [0.25, 0.3) is 5.91 Å². The Kier molecular flexibility index (Phi) is 4.95. The van der Waals surface area contributed by atoms with E-state index >= 15 is 0 Å². The van der Waals surface area contributed by atoms with Gasteiger partial charge in [-0.25, -0.2) is 4.98 Å². The first-order chi connectivity index (χ1) is 13.6. The second-order valence-corrected chi connectivity index (χ2v) is 6.73. The maximum Gasteiger partial charge on any atom is 0.274 e. The van der Waals surface area contributed by atoms with Gasteiger partial charge in [0.1, 0.15) is 11.9 Å². The van der Waals surface area contributed by atoms with Crippen molar-refractivity contribution in [1.29, 1.82) is 0 Å². The van der Waals surface area contributed by atoms with Crippen LogP contribution in [0, 0.1) is 0 Å². The molecule has 0 aliphatic carbocycles. The van der Waals surface area contributed by atoms with Gasteiger partial charge >= 0.3 is 0 Å². The molecule has 4 rings (SSSR count). The molecule has 0 bridgehead atoms. The number of nitrogens with zero attached hydrogens (tertiary/aromatic N) is 3. The van der Waals surface area contributed by atoms with Crippen molar-refractivity contribution < 1.29 is 9.32 Å². The van der Waals surface area contributed by atoms with Crippen LogP contribution in [0.4, 0.5) is 0 Å². The summed E-state index contributed by atoms with van der Waals surface area (Å²) in [5, 5.41) is 7.53. The van der Waals surface area contributed by atoms with Crippen LogP contribution in [0.15, 0.2) is 77.6 Å². The Morgan fingerprint density at radius 3 is 2.57 bits per heavy atom. The molecule has 2 aromatic carbocycles. The Bertz CT molecular complexity index is 1090. The summed E-state index contributed by atoms with van der Waals surface area (Å²) in [6.07, 6.45) is 3.52. The largest absolute Gasteiger partial charge is 0.355 e. The number of halogens is 1. The highest BCUT2D eigenvalue weighted by Crippen LogP contribution is 2.24. The molecular weight excluding hydrogens is 376 g/mol. The first-order valence-corrected chi connectivity index (χ1v) is 9.05. The summed E-state index contributed by atoms with van der Waals surface area (Å²) >= 11 is 6.00. The summed E-state index contributed by atoms with van der Waals surface area (Å²) in [7, 11) is 1.88. The molecule has 0 unspecified atom stereocenters. The van der Waals surface area contributed by atoms with Crippen molar-refractivity contribution in [3.8, 4) is 11.3 Å². The molecule has 1 atom stereocenters. The molecule has 0 aliphatic heterocycles. The third kappa shape index (κ3) is 3.68. The first-order valence-electron chi connectivity index (χ1n) is 8.67. The van der Waals surface area contributed by atoms with Gasteiger partial charge in [0.05, 0.1) is 0 Å². The molecule has 0 aliphatic rings. The van der Waals surface area contributed by atoms with Crippen molar-refractivity contribution in [1.82, 2.24) is 20.0 Å². The molecule has 0 radical (unpaired) electrons. The van der Waals surface area contributed by atoms with Crippen LogP contribution in [-0.2, 0) is 7.05 Å². The number of carbonyl (C=O) groups is 1. The Labute approximate surface area is 166 Å². The number of amides is 1. The van der Waals surface area contributed by atoms with E-state index in [0.29, 0.717) is 16.6 Å². The zero-order valence-corrected chi connectivity index (χ0v) is 15.8. The maximum atomic E-state index is 12.8. The average molecular weight is 393 g/mol. The molecule has 1 N–H and O–H groups in total. The van der Waals surface area contributed by atoms with Crippen LogP contribution in [0.1, 0.15) is 27.9 Å². The fraction of sp³-hybridized carbons (Fsp3) is 0.0952. The monoisotopic (exact) mass is 392 g/mol. The summed E-state index contributed by atoms with van der Waals surface area (Å²) < 4.78 is 7.20. The number of aryl methyl sites for hydroxylation is 1. The quantitative estimate of drug-likeness (QED) is 0.551. The number of carbonyl (C=O) groups excluding carboxylic acids is 1. The van der Waals surface area contributed by atoms with Crippen molar-refractivity contribution in [2.24, 2.45) is 7.05 Å². The summed E-state index contributed by atoms with van der Waals surface area (Å²) in [5.41, 5.74) is 1.92. The van der Waals surface area contributed by atoms with E-state index in [1.54, 1.807) is 24.4 Å².